The first kappa shape index (κ1) is 13.5. The topological polar surface area (TPSA) is 103 Å². The van der Waals surface area contributed by atoms with Crippen LogP contribution >= 0.6 is 0 Å². The predicted molar refractivity (Wildman–Crippen MR) is 68.6 cm³/mol. The van der Waals surface area contributed by atoms with Crippen LogP contribution in [0.3, 0.4) is 0 Å². The Hall–Kier alpha value is -2.96. The van der Waals surface area contributed by atoms with Crippen LogP contribution in [0.5, 0.6) is 5.75 Å². The molecule has 0 fully saturated rings. The molecule has 0 bridgehead atoms. The Kier molecular flexibility index (Phi) is 3.90. The zero-order chi connectivity index (χ0) is 14.5. The summed E-state index contributed by atoms with van der Waals surface area (Å²) in [4.78, 5) is 25.1. The van der Waals surface area contributed by atoms with E-state index in [1.165, 1.54) is 24.5 Å². The molecule has 0 unspecified atom stereocenters. The molecule has 1 heterocycles. The van der Waals surface area contributed by atoms with Crippen molar-refractivity contribution >= 4 is 11.7 Å². The van der Waals surface area contributed by atoms with Gasteiger partial charge in [0.05, 0.1) is 16.7 Å². The number of carboxylic acids is 1. The normalized spacial score (nSPS) is 10.0. The van der Waals surface area contributed by atoms with Gasteiger partial charge >= 0.3 is 5.97 Å². The Bertz CT molecular complexity index is 599. The number of nitrogens with zero attached hydrogens (tertiary/aromatic N) is 2. The van der Waals surface area contributed by atoms with E-state index in [4.69, 9.17) is 9.84 Å². The lowest BCUT2D eigenvalue weighted by Gasteiger charge is -2.08. The van der Waals surface area contributed by atoms with Crippen molar-refractivity contribution in [1.82, 2.24) is 4.98 Å². The van der Waals surface area contributed by atoms with Gasteiger partial charge in [-0.05, 0) is 12.1 Å². The van der Waals surface area contributed by atoms with Crippen molar-refractivity contribution in [3.63, 3.8) is 0 Å². The monoisotopic (exact) mass is 274 g/mol. The van der Waals surface area contributed by atoms with Crippen molar-refractivity contribution in [2.45, 2.75) is 6.61 Å². The van der Waals surface area contributed by atoms with E-state index in [9.17, 15) is 14.9 Å². The number of hydrogen-bond acceptors (Lipinski definition) is 5. The van der Waals surface area contributed by atoms with E-state index in [-0.39, 0.29) is 23.6 Å². The van der Waals surface area contributed by atoms with Crippen molar-refractivity contribution in [2.24, 2.45) is 0 Å². The van der Waals surface area contributed by atoms with Crippen LogP contribution in [0.2, 0.25) is 0 Å². The van der Waals surface area contributed by atoms with E-state index in [2.05, 4.69) is 4.98 Å². The van der Waals surface area contributed by atoms with E-state index < -0.39 is 10.9 Å². The maximum Gasteiger partial charge on any atom is 0.339 e. The molecule has 0 aliphatic carbocycles. The molecular weight excluding hydrogens is 264 g/mol. The second-order valence-corrected chi connectivity index (χ2v) is 3.85. The standard InChI is InChI=1S/C13H10N2O5/c16-13(17)10-5-6-14-7-12(10)20-8-9-3-1-2-4-11(9)15(18)19/h1-7H,8H2,(H,16,17). The average molecular weight is 274 g/mol. The molecule has 1 aromatic heterocycles. The number of benzene rings is 1. The molecule has 0 radical (unpaired) electrons. The van der Waals surface area contributed by atoms with Crippen molar-refractivity contribution in [3.8, 4) is 5.75 Å². The fraction of sp³-hybridized carbons (Fsp3) is 0.0769. The molecule has 102 valence electrons. The third kappa shape index (κ3) is 2.89. The summed E-state index contributed by atoms with van der Waals surface area (Å²) in [7, 11) is 0. The largest absolute Gasteiger partial charge is 0.486 e. The Morgan fingerprint density at radius 1 is 1.35 bits per heavy atom. The number of carboxylic acid groups (broad SMARTS) is 1. The van der Waals surface area contributed by atoms with Gasteiger partial charge in [0.2, 0.25) is 0 Å². The predicted octanol–water partition coefficient (Wildman–Crippen LogP) is 2.27. The summed E-state index contributed by atoms with van der Waals surface area (Å²) in [5.41, 5.74) is 0.240. The fourth-order valence-electron chi connectivity index (χ4n) is 1.64. The molecule has 0 saturated heterocycles. The van der Waals surface area contributed by atoms with Gasteiger partial charge in [-0.3, -0.25) is 15.1 Å². The molecule has 0 atom stereocenters. The molecule has 0 spiro atoms. The highest BCUT2D eigenvalue weighted by atomic mass is 16.6. The minimum atomic E-state index is -1.15. The van der Waals surface area contributed by atoms with Crippen LogP contribution < -0.4 is 4.74 Å². The van der Waals surface area contributed by atoms with Crippen LogP contribution in [0.15, 0.2) is 42.7 Å². The Morgan fingerprint density at radius 3 is 2.80 bits per heavy atom. The first-order chi connectivity index (χ1) is 9.59. The fourth-order valence-corrected chi connectivity index (χ4v) is 1.64. The quantitative estimate of drug-likeness (QED) is 0.662. The second kappa shape index (κ2) is 5.79. The van der Waals surface area contributed by atoms with Crippen molar-refractivity contribution < 1.29 is 19.6 Å². The lowest BCUT2D eigenvalue weighted by molar-refractivity contribution is -0.385. The minimum Gasteiger partial charge on any atom is -0.486 e. The molecule has 7 nitrogen and oxygen atoms in total. The Balaban J connectivity index is 2.22. The number of nitro groups is 1. The van der Waals surface area contributed by atoms with Gasteiger partial charge in [0, 0.05) is 12.3 Å². The molecule has 20 heavy (non-hydrogen) atoms. The summed E-state index contributed by atoms with van der Waals surface area (Å²) in [6.07, 6.45) is 2.60. The highest BCUT2D eigenvalue weighted by Gasteiger charge is 2.15. The van der Waals surface area contributed by atoms with Crippen molar-refractivity contribution in [3.05, 3.63) is 64.0 Å². The molecule has 1 N–H and O–H groups in total. The van der Waals surface area contributed by atoms with E-state index in [1.54, 1.807) is 18.2 Å². The molecule has 1 aromatic carbocycles. The molecule has 7 heteroatoms. The van der Waals surface area contributed by atoms with Crippen LogP contribution in [0, 0.1) is 10.1 Å². The molecule has 0 aliphatic heterocycles. The number of para-hydroxylation sites is 1. The Morgan fingerprint density at radius 2 is 2.10 bits per heavy atom. The number of carbonyl (C=O) groups is 1. The number of rotatable bonds is 5. The number of pyridine rings is 1. The number of nitro benzene ring substituents is 1. The van der Waals surface area contributed by atoms with Crippen LogP contribution in [0.1, 0.15) is 15.9 Å². The van der Waals surface area contributed by atoms with Crippen LogP contribution in [-0.2, 0) is 6.61 Å². The lowest BCUT2D eigenvalue weighted by atomic mass is 10.2. The third-order valence-electron chi connectivity index (χ3n) is 2.59. The maximum atomic E-state index is 11.0. The lowest BCUT2D eigenvalue weighted by Crippen LogP contribution is -2.05. The van der Waals surface area contributed by atoms with E-state index in [0.29, 0.717) is 5.56 Å². The van der Waals surface area contributed by atoms with Gasteiger partial charge in [0.25, 0.3) is 5.69 Å². The Labute approximate surface area is 113 Å². The zero-order valence-electron chi connectivity index (χ0n) is 10.2. The number of aromatic nitrogens is 1. The highest BCUT2D eigenvalue weighted by molar-refractivity contribution is 5.90. The summed E-state index contributed by atoms with van der Waals surface area (Å²) < 4.78 is 5.33. The van der Waals surface area contributed by atoms with Gasteiger partial charge in [-0.2, -0.15) is 0 Å². The third-order valence-corrected chi connectivity index (χ3v) is 2.59. The maximum absolute atomic E-state index is 11.0. The number of aromatic carboxylic acids is 1. The van der Waals surface area contributed by atoms with Crippen molar-refractivity contribution in [1.29, 1.82) is 0 Å². The van der Waals surface area contributed by atoms with Gasteiger partial charge in [-0.25, -0.2) is 4.79 Å². The molecular formula is C13H10N2O5. The summed E-state index contributed by atoms with van der Waals surface area (Å²) in [5, 5.41) is 19.8. The van der Waals surface area contributed by atoms with Gasteiger partial charge < -0.3 is 9.84 Å². The average Bonchev–Trinajstić information content (AvgIpc) is 2.45. The summed E-state index contributed by atoms with van der Waals surface area (Å²) in [5.74, 6) is -1.08. The molecule has 0 aliphatic rings. The summed E-state index contributed by atoms with van der Waals surface area (Å²) >= 11 is 0. The van der Waals surface area contributed by atoms with Crippen LogP contribution in [0.25, 0.3) is 0 Å². The van der Waals surface area contributed by atoms with Gasteiger partial charge in [-0.15, -0.1) is 0 Å². The highest BCUT2D eigenvalue weighted by Crippen LogP contribution is 2.22. The molecule has 0 saturated carbocycles. The molecule has 2 rings (SSSR count). The second-order valence-electron chi connectivity index (χ2n) is 3.85. The first-order valence-electron chi connectivity index (χ1n) is 5.62. The first-order valence-corrected chi connectivity index (χ1v) is 5.62. The van der Waals surface area contributed by atoms with Crippen LogP contribution in [-0.4, -0.2) is 21.0 Å². The van der Waals surface area contributed by atoms with E-state index in [1.807, 2.05) is 0 Å². The van der Waals surface area contributed by atoms with E-state index >= 15 is 0 Å². The van der Waals surface area contributed by atoms with Gasteiger partial charge in [0.1, 0.15) is 12.2 Å². The smallest absolute Gasteiger partial charge is 0.339 e. The van der Waals surface area contributed by atoms with E-state index in [0.717, 1.165) is 0 Å². The van der Waals surface area contributed by atoms with Crippen LogP contribution in [0.4, 0.5) is 5.69 Å². The van der Waals surface area contributed by atoms with Gasteiger partial charge in [0.15, 0.2) is 5.75 Å². The zero-order valence-corrected chi connectivity index (χ0v) is 10.2. The summed E-state index contributed by atoms with van der Waals surface area (Å²) in [6, 6.07) is 7.41. The molecule has 0 amide bonds. The number of ether oxygens (including phenoxy) is 1. The minimum absolute atomic E-state index is 0.0430. The van der Waals surface area contributed by atoms with Gasteiger partial charge in [-0.1, -0.05) is 12.1 Å². The molecule has 2 aromatic rings. The van der Waals surface area contributed by atoms with Crippen molar-refractivity contribution in [2.75, 3.05) is 0 Å². The number of hydrogen-bond donors (Lipinski definition) is 1. The SMILES string of the molecule is O=C(O)c1ccncc1OCc1ccccc1[N+](=O)[O-]. The summed E-state index contributed by atoms with van der Waals surface area (Å²) in [6.45, 7) is -0.108.